The molecule has 3 nitrogen and oxygen atoms in total. The Bertz CT molecular complexity index is 60.0. The average molecular weight is 104 g/mol. The van der Waals surface area contributed by atoms with Crippen molar-refractivity contribution in [1.29, 1.82) is 0 Å². The smallest absolute Gasteiger partial charge is 0.307 e. The molecule has 0 bridgehead atoms. The second-order valence-electron chi connectivity index (χ2n) is 1.05. The molecule has 0 aromatic heterocycles. The number of esters is 1. The molecule has 0 fully saturated rings. The van der Waals surface area contributed by atoms with E-state index in [9.17, 15) is 4.79 Å². The second kappa shape index (κ2) is 3.61. The first-order valence-electron chi connectivity index (χ1n) is 1.99. The molecule has 0 aliphatic carbocycles. The van der Waals surface area contributed by atoms with Gasteiger partial charge in [-0.2, -0.15) is 0 Å². The maximum Gasteiger partial charge on any atom is 0.307 e. The number of aliphatic hydroxyl groups is 1. The molecular formula is C4H8O3. The number of methoxy groups -OCH3 is 1. The predicted octanol–water partition coefficient (Wildman–Crippen LogP) is -0.458. The number of aliphatic hydroxyl groups excluding tert-OH is 1. The summed E-state index contributed by atoms with van der Waals surface area (Å²) in [6, 6.07) is 0. The molecule has 0 atom stereocenters. The van der Waals surface area contributed by atoms with Gasteiger partial charge < -0.3 is 9.84 Å². The summed E-state index contributed by atoms with van der Waals surface area (Å²) in [4.78, 5) is 10.0. The summed E-state index contributed by atoms with van der Waals surface area (Å²) < 4.78 is 4.19. The van der Waals surface area contributed by atoms with Crippen molar-refractivity contribution in [1.82, 2.24) is 0 Å². The van der Waals surface area contributed by atoms with Crippen molar-refractivity contribution in [3.63, 3.8) is 0 Å². The van der Waals surface area contributed by atoms with Crippen molar-refractivity contribution in [3.05, 3.63) is 0 Å². The Balaban J connectivity index is 3.00. The van der Waals surface area contributed by atoms with E-state index in [1.54, 1.807) is 0 Å². The summed E-state index contributed by atoms with van der Waals surface area (Å²) in [6.07, 6.45) is 0.0938. The third-order valence-corrected chi connectivity index (χ3v) is 0.544. The quantitative estimate of drug-likeness (QED) is 0.482. The van der Waals surface area contributed by atoms with Gasteiger partial charge in [0.1, 0.15) is 0 Å². The minimum Gasteiger partial charge on any atom is -0.469 e. The minimum atomic E-state index is -0.373. The maximum absolute atomic E-state index is 10.0. The molecule has 42 valence electrons. The van der Waals surface area contributed by atoms with E-state index in [2.05, 4.69) is 4.74 Å². The standard InChI is InChI=1S/C4H8O3/c1-7-4(6)2-3-5/h5H,2-3H2,1H3. The van der Waals surface area contributed by atoms with Crippen LogP contribution in [0.3, 0.4) is 0 Å². The van der Waals surface area contributed by atoms with Crippen LogP contribution in [0.25, 0.3) is 0 Å². The fourth-order valence-corrected chi connectivity index (χ4v) is 0.193. The lowest BCUT2D eigenvalue weighted by atomic mass is 10.5. The first-order valence-corrected chi connectivity index (χ1v) is 1.99. The van der Waals surface area contributed by atoms with Gasteiger partial charge >= 0.3 is 5.97 Å². The number of carbonyl (C=O) groups is 1. The summed E-state index contributed by atoms with van der Waals surface area (Å²) in [5.74, 6) is -0.373. The summed E-state index contributed by atoms with van der Waals surface area (Å²) in [5.41, 5.74) is 0. The Morgan fingerprint density at radius 3 is 2.57 bits per heavy atom. The maximum atomic E-state index is 10.0. The monoisotopic (exact) mass is 104 g/mol. The highest BCUT2D eigenvalue weighted by atomic mass is 16.5. The first-order chi connectivity index (χ1) is 3.31. The zero-order valence-corrected chi connectivity index (χ0v) is 4.18. The first kappa shape index (κ1) is 6.43. The third kappa shape index (κ3) is 3.26. The topological polar surface area (TPSA) is 46.5 Å². The average Bonchev–Trinajstić information content (AvgIpc) is 1.68. The number of rotatable bonds is 2. The van der Waals surface area contributed by atoms with Crippen LogP contribution in [0.5, 0.6) is 0 Å². The minimum absolute atomic E-state index is 0.0938. The molecule has 0 amide bonds. The van der Waals surface area contributed by atoms with Gasteiger partial charge in [-0.1, -0.05) is 0 Å². The van der Waals surface area contributed by atoms with E-state index in [0.717, 1.165) is 0 Å². The fraction of sp³-hybridized carbons (Fsp3) is 0.750. The Morgan fingerprint density at radius 1 is 1.86 bits per heavy atom. The lowest BCUT2D eigenvalue weighted by Gasteiger charge is -1.90. The van der Waals surface area contributed by atoms with Gasteiger partial charge in [0.15, 0.2) is 0 Å². The van der Waals surface area contributed by atoms with E-state index in [1.807, 2.05) is 0 Å². The van der Waals surface area contributed by atoms with Crippen molar-refractivity contribution in [2.24, 2.45) is 0 Å². The number of hydrogen-bond acceptors (Lipinski definition) is 3. The number of hydrogen-bond donors (Lipinski definition) is 1. The van der Waals surface area contributed by atoms with Crippen molar-refractivity contribution >= 4 is 5.97 Å². The van der Waals surface area contributed by atoms with Gasteiger partial charge in [0.2, 0.25) is 0 Å². The van der Waals surface area contributed by atoms with Crippen molar-refractivity contribution in [2.45, 2.75) is 6.42 Å². The van der Waals surface area contributed by atoms with Crippen LogP contribution >= 0.6 is 0 Å². The molecule has 0 aromatic rings. The molecule has 0 spiro atoms. The van der Waals surface area contributed by atoms with E-state index in [1.165, 1.54) is 7.11 Å². The normalized spacial score (nSPS) is 8.29. The molecule has 1 N–H and O–H groups in total. The van der Waals surface area contributed by atoms with Crippen molar-refractivity contribution in [2.75, 3.05) is 13.7 Å². The van der Waals surface area contributed by atoms with Crippen LogP contribution in [0.2, 0.25) is 0 Å². The van der Waals surface area contributed by atoms with Crippen LogP contribution in [-0.2, 0) is 9.53 Å². The lowest BCUT2D eigenvalue weighted by Crippen LogP contribution is -2.01. The van der Waals surface area contributed by atoms with E-state index in [0.29, 0.717) is 0 Å². The SMILES string of the molecule is COC(=O)CCO. The number of carbonyl (C=O) groups excluding carboxylic acids is 1. The highest BCUT2D eigenvalue weighted by Gasteiger charge is 1.93. The summed E-state index contributed by atoms with van der Waals surface area (Å²) in [6.45, 7) is -0.132. The molecule has 0 heterocycles. The Hall–Kier alpha value is -0.570. The zero-order valence-electron chi connectivity index (χ0n) is 4.18. The van der Waals surface area contributed by atoms with E-state index in [-0.39, 0.29) is 19.0 Å². The van der Waals surface area contributed by atoms with Gasteiger partial charge in [-0.25, -0.2) is 0 Å². The molecule has 7 heavy (non-hydrogen) atoms. The van der Waals surface area contributed by atoms with E-state index < -0.39 is 0 Å². The molecule has 0 aliphatic heterocycles. The largest absolute Gasteiger partial charge is 0.469 e. The molecule has 0 rings (SSSR count). The van der Waals surface area contributed by atoms with Crippen LogP contribution in [0.1, 0.15) is 6.42 Å². The Labute approximate surface area is 41.9 Å². The van der Waals surface area contributed by atoms with Crippen LogP contribution < -0.4 is 0 Å². The fourth-order valence-electron chi connectivity index (χ4n) is 0.193. The lowest BCUT2D eigenvalue weighted by molar-refractivity contribution is -0.141. The van der Waals surface area contributed by atoms with Crippen LogP contribution in [0.15, 0.2) is 0 Å². The highest BCUT2D eigenvalue weighted by Crippen LogP contribution is 1.78. The van der Waals surface area contributed by atoms with E-state index >= 15 is 0 Å². The predicted molar refractivity (Wildman–Crippen MR) is 23.7 cm³/mol. The molecule has 0 aromatic carbocycles. The summed E-state index contributed by atoms with van der Waals surface area (Å²) in [7, 11) is 1.29. The number of ether oxygens (including phenoxy) is 1. The van der Waals surface area contributed by atoms with Crippen LogP contribution in [0, 0.1) is 0 Å². The van der Waals surface area contributed by atoms with Gasteiger partial charge in [-0.05, 0) is 0 Å². The van der Waals surface area contributed by atoms with Gasteiger partial charge in [0.05, 0.1) is 20.1 Å². The van der Waals surface area contributed by atoms with E-state index in [4.69, 9.17) is 5.11 Å². The van der Waals surface area contributed by atoms with Crippen molar-refractivity contribution < 1.29 is 14.6 Å². The summed E-state index contributed by atoms with van der Waals surface area (Å²) in [5, 5.41) is 8.07. The summed E-state index contributed by atoms with van der Waals surface area (Å²) >= 11 is 0. The second-order valence-corrected chi connectivity index (χ2v) is 1.05. The molecular weight excluding hydrogens is 96.0 g/mol. The van der Waals surface area contributed by atoms with Crippen LogP contribution in [0.4, 0.5) is 0 Å². The van der Waals surface area contributed by atoms with Gasteiger partial charge in [-0.3, -0.25) is 4.79 Å². The van der Waals surface area contributed by atoms with Gasteiger partial charge in [0.25, 0.3) is 0 Å². The molecule has 0 saturated heterocycles. The molecule has 0 unspecified atom stereocenters. The van der Waals surface area contributed by atoms with Gasteiger partial charge in [0, 0.05) is 0 Å². The van der Waals surface area contributed by atoms with Crippen LogP contribution in [-0.4, -0.2) is 24.8 Å². The van der Waals surface area contributed by atoms with Gasteiger partial charge in [-0.15, -0.1) is 0 Å². The van der Waals surface area contributed by atoms with Crippen molar-refractivity contribution in [3.8, 4) is 0 Å². The Morgan fingerprint density at radius 2 is 2.43 bits per heavy atom. The molecule has 0 saturated carbocycles. The Kier molecular flexibility index (Phi) is 3.32. The highest BCUT2D eigenvalue weighted by molar-refractivity contribution is 5.69. The molecule has 0 radical (unpaired) electrons. The molecule has 3 heteroatoms. The molecule has 0 aliphatic rings. The zero-order chi connectivity index (χ0) is 5.70. The third-order valence-electron chi connectivity index (χ3n) is 0.544.